The van der Waals surface area contributed by atoms with E-state index in [9.17, 15) is 14.7 Å². The quantitative estimate of drug-likeness (QED) is 0.774. The number of likely N-dealkylation sites (tertiary alicyclic amines) is 1. The molecule has 0 aromatic rings. The second kappa shape index (κ2) is 4.65. The number of hydrogen-bond acceptors (Lipinski definition) is 3. The first-order valence-electron chi connectivity index (χ1n) is 6.48. The zero-order chi connectivity index (χ0) is 14.3. The second-order valence-corrected chi connectivity index (χ2v) is 7.23. The van der Waals surface area contributed by atoms with Crippen LogP contribution in [-0.4, -0.2) is 40.4 Å². The maximum atomic E-state index is 12.3. The third-order valence-corrected chi connectivity index (χ3v) is 3.22. The van der Waals surface area contributed by atoms with Gasteiger partial charge >= 0.3 is 0 Å². The molecular formula is C14H25NO3. The minimum Gasteiger partial charge on any atom is -0.391 e. The Labute approximate surface area is 109 Å². The van der Waals surface area contributed by atoms with Gasteiger partial charge in [0.1, 0.15) is 0 Å². The maximum Gasteiger partial charge on any atom is 0.228 e. The lowest BCUT2D eigenvalue weighted by atomic mass is 9.84. The first-order valence-corrected chi connectivity index (χ1v) is 6.48. The topological polar surface area (TPSA) is 57.6 Å². The molecule has 0 saturated carbocycles. The molecule has 0 aliphatic carbocycles. The highest BCUT2D eigenvalue weighted by Crippen LogP contribution is 2.30. The van der Waals surface area contributed by atoms with E-state index in [2.05, 4.69) is 0 Å². The van der Waals surface area contributed by atoms with Crippen molar-refractivity contribution in [3.05, 3.63) is 0 Å². The molecule has 1 aliphatic heterocycles. The van der Waals surface area contributed by atoms with Crippen LogP contribution < -0.4 is 0 Å². The van der Waals surface area contributed by atoms with Gasteiger partial charge in [-0.3, -0.25) is 9.59 Å². The van der Waals surface area contributed by atoms with Crippen LogP contribution >= 0.6 is 0 Å². The first kappa shape index (κ1) is 15.2. The Bertz CT molecular complexity index is 315. The third kappa shape index (κ3) is 3.10. The minimum atomic E-state index is -0.590. The molecule has 0 aromatic carbocycles. The van der Waals surface area contributed by atoms with Crippen molar-refractivity contribution in [2.45, 2.75) is 60.1 Å². The van der Waals surface area contributed by atoms with E-state index in [1.165, 1.54) is 0 Å². The Morgan fingerprint density at radius 1 is 1.06 bits per heavy atom. The van der Waals surface area contributed by atoms with Crippen LogP contribution in [0.1, 0.15) is 48.0 Å². The standard InChI is InChI=1S/C14H25NO3/c1-13(2,3)11(17)10-7-9(16)8-15(10)12(18)14(4,5)6/h9-10,16H,7-8H2,1-6H3/t9-,10-/m0/s1. The number of aliphatic hydroxyl groups excluding tert-OH is 1. The fourth-order valence-electron chi connectivity index (χ4n) is 2.22. The van der Waals surface area contributed by atoms with E-state index in [4.69, 9.17) is 0 Å². The van der Waals surface area contributed by atoms with Crippen molar-refractivity contribution in [2.75, 3.05) is 6.54 Å². The summed E-state index contributed by atoms with van der Waals surface area (Å²) in [5.41, 5.74) is -1.02. The van der Waals surface area contributed by atoms with Gasteiger partial charge in [-0.15, -0.1) is 0 Å². The summed E-state index contributed by atoms with van der Waals surface area (Å²) in [5.74, 6) is -0.0432. The van der Waals surface area contributed by atoms with Gasteiger partial charge in [-0.05, 0) is 0 Å². The predicted octanol–water partition coefficient (Wildman–Crippen LogP) is 1.61. The van der Waals surface area contributed by atoms with Crippen LogP contribution in [-0.2, 0) is 9.59 Å². The van der Waals surface area contributed by atoms with E-state index in [0.717, 1.165) is 0 Å². The van der Waals surface area contributed by atoms with Gasteiger partial charge in [0.2, 0.25) is 5.91 Å². The number of carbonyl (C=O) groups is 2. The third-order valence-electron chi connectivity index (χ3n) is 3.22. The summed E-state index contributed by atoms with van der Waals surface area (Å²) in [4.78, 5) is 26.2. The molecule has 1 saturated heterocycles. The van der Waals surface area contributed by atoms with E-state index in [1.54, 1.807) is 4.90 Å². The molecule has 0 spiro atoms. The van der Waals surface area contributed by atoms with Gasteiger partial charge in [-0.1, -0.05) is 41.5 Å². The van der Waals surface area contributed by atoms with Gasteiger partial charge in [0.05, 0.1) is 12.1 Å². The Balaban J connectivity index is 2.97. The highest BCUT2D eigenvalue weighted by molar-refractivity contribution is 5.94. The van der Waals surface area contributed by atoms with Crippen LogP contribution in [0, 0.1) is 10.8 Å². The van der Waals surface area contributed by atoms with Gasteiger partial charge in [0, 0.05) is 23.8 Å². The molecule has 1 N–H and O–H groups in total. The average Bonchev–Trinajstić information content (AvgIpc) is 2.54. The molecule has 0 bridgehead atoms. The van der Waals surface area contributed by atoms with Gasteiger partial charge in [0.25, 0.3) is 0 Å². The van der Waals surface area contributed by atoms with Crippen molar-refractivity contribution in [3.63, 3.8) is 0 Å². The van der Waals surface area contributed by atoms with E-state index < -0.39 is 23.0 Å². The molecule has 0 radical (unpaired) electrons. The number of aliphatic hydroxyl groups is 1. The number of nitrogens with zero attached hydrogens (tertiary/aromatic N) is 1. The maximum absolute atomic E-state index is 12.3. The van der Waals surface area contributed by atoms with E-state index in [-0.39, 0.29) is 18.2 Å². The Kier molecular flexibility index (Phi) is 3.92. The molecule has 4 nitrogen and oxygen atoms in total. The number of hydrogen-bond donors (Lipinski definition) is 1. The van der Waals surface area contributed by atoms with Crippen molar-refractivity contribution in [1.29, 1.82) is 0 Å². The van der Waals surface area contributed by atoms with E-state index in [1.807, 2.05) is 41.5 Å². The monoisotopic (exact) mass is 255 g/mol. The summed E-state index contributed by atoms with van der Waals surface area (Å²) in [5, 5.41) is 9.75. The molecule has 1 aliphatic rings. The SMILES string of the molecule is CC(C)(C)C(=O)[C@@H]1C[C@H](O)CN1C(=O)C(C)(C)C. The summed E-state index contributed by atoms with van der Waals surface area (Å²) in [6, 6.07) is -0.480. The second-order valence-electron chi connectivity index (χ2n) is 7.23. The molecule has 104 valence electrons. The minimum absolute atomic E-state index is 0.0247. The highest BCUT2D eigenvalue weighted by Gasteiger charge is 2.44. The van der Waals surface area contributed by atoms with Crippen molar-refractivity contribution >= 4 is 11.7 Å². The van der Waals surface area contributed by atoms with Gasteiger partial charge in [0.15, 0.2) is 5.78 Å². The van der Waals surface area contributed by atoms with Crippen LogP contribution in [0.5, 0.6) is 0 Å². The number of rotatable bonds is 1. The highest BCUT2D eigenvalue weighted by atomic mass is 16.3. The Hall–Kier alpha value is -0.900. The number of carbonyl (C=O) groups excluding carboxylic acids is 2. The largest absolute Gasteiger partial charge is 0.391 e. The molecule has 4 heteroatoms. The molecule has 1 rings (SSSR count). The summed E-state index contributed by atoms with van der Waals surface area (Å²) in [7, 11) is 0. The van der Waals surface area contributed by atoms with Crippen molar-refractivity contribution in [1.82, 2.24) is 4.90 Å². The van der Waals surface area contributed by atoms with Crippen LogP contribution in [0.4, 0.5) is 0 Å². The molecule has 0 aromatic heterocycles. The normalized spacial score (nSPS) is 25.4. The summed E-state index contributed by atoms with van der Waals surface area (Å²) in [6.07, 6.45) is -0.231. The smallest absolute Gasteiger partial charge is 0.228 e. The number of amides is 1. The lowest BCUT2D eigenvalue weighted by Crippen LogP contribution is -2.48. The first-order chi connectivity index (χ1) is 7.94. The zero-order valence-electron chi connectivity index (χ0n) is 12.3. The van der Waals surface area contributed by atoms with E-state index >= 15 is 0 Å². The lowest BCUT2D eigenvalue weighted by Gasteiger charge is -2.32. The molecule has 2 atom stereocenters. The molecule has 1 fully saturated rings. The Morgan fingerprint density at radius 3 is 1.94 bits per heavy atom. The number of ketones is 1. The van der Waals surface area contributed by atoms with Crippen LogP contribution in [0.3, 0.4) is 0 Å². The molecule has 1 amide bonds. The molecule has 18 heavy (non-hydrogen) atoms. The zero-order valence-corrected chi connectivity index (χ0v) is 12.3. The van der Waals surface area contributed by atoms with Crippen LogP contribution in [0.25, 0.3) is 0 Å². The average molecular weight is 255 g/mol. The number of Topliss-reactive ketones (excluding diaryl/α,β-unsaturated/α-hetero) is 1. The van der Waals surface area contributed by atoms with Crippen LogP contribution in [0.15, 0.2) is 0 Å². The summed E-state index contributed by atoms with van der Waals surface area (Å²) in [6.45, 7) is 11.3. The van der Waals surface area contributed by atoms with E-state index in [0.29, 0.717) is 6.42 Å². The Morgan fingerprint density at radius 2 is 1.56 bits per heavy atom. The van der Waals surface area contributed by atoms with Crippen molar-refractivity contribution in [3.8, 4) is 0 Å². The van der Waals surface area contributed by atoms with Gasteiger partial charge in [-0.25, -0.2) is 0 Å². The fraction of sp³-hybridized carbons (Fsp3) is 0.857. The van der Waals surface area contributed by atoms with Gasteiger partial charge in [-0.2, -0.15) is 0 Å². The summed E-state index contributed by atoms with van der Waals surface area (Å²) >= 11 is 0. The van der Waals surface area contributed by atoms with Crippen molar-refractivity contribution in [2.24, 2.45) is 10.8 Å². The fourth-order valence-corrected chi connectivity index (χ4v) is 2.22. The number of β-amino-alcohol motifs (C(OH)–C–C–N with tert-alkyl or cyclic N) is 1. The molecule has 0 unspecified atom stereocenters. The lowest BCUT2D eigenvalue weighted by molar-refractivity contribution is -0.146. The summed E-state index contributed by atoms with van der Waals surface area (Å²) < 4.78 is 0. The van der Waals surface area contributed by atoms with Crippen molar-refractivity contribution < 1.29 is 14.7 Å². The van der Waals surface area contributed by atoms with Crippen LogP contribution in [0.2, 0.25) is 0 Å². The van der Waals surface area contributed by atoms with Gasteiger partial charge < -0.3 is 10.0 Å². The molecular weight excluding hydrogens is 230 g/mol. The predicted molar refractivity (Wildman–Crippen MR) is 70.0 cm³/mol. The molecule has 1 heterocycles.